The highest BCUT2D eigenvalue weighted by molar-refractivity contribution is 6.30. The first-order valence-electron chi connectivity index (χ1n) is 11.1. The number of hydrogen-bond acceptors (Lipinski definition) is 3. The molecule has 0 saturated heterocycles. The van der Waals surface area contributed by atoms with E-state index in [4.69, 9.17) is 16.3 Å². The first-order valence-corrected chi connectivity index (χ1v) is 11.5. The molecule has 0 aliphatic rings. The van der Waals surface area contributed by atoms with E-state index in [0.29, 0.717) is 16.3 Å². The summed E-state index contributed by atoms with van der Waals surface area (Å²) in [6.07, 6.45) is 0.278. The molecule has 0 radical (unpaired) electrons. The van der Waals surface area contributed by atoms with Gasteiger partial charge in [0.15, 0.2) is 6.61 Å². The molecule has 2 amide bonds. The number of halogens is 2. The van der Waals surface area contributed by atoms with Crippen molar-refractivity contribution in [3.05, 3.63) is 101 Å². The number of nitrogens with zero attached hydrogens (tertiary/aromatic N) is 1. The van der Waals surface area contributed by atoms with Crippen molar-refractivity contribution in [3.63, 3.8) is 0 Å². The number of hydrogen-bond donors (Lipinski definition) is 1. The Morgan fingerprint density at radius 1 is 0.971 bits per heavy atom. The first kappa shape index (κ1) is 25.2. The van der Waals surface area contributed by atoms with Crippen LogP contribution in [-0.2, 0) is 22.6 Å². The second-order valence-electron chi connectivity index (χ2n) is 8.22. The molecular formula is C27H28ClFN2O3. The minimum atomic E-state index is -0.856. The Bertz CT molecular complexity index is 1090. The fourth-order valence-electron chi connectivity index (χ4n) is 3.50. The van der Waals surface area contributed by atoms with E-state index in [9.17, 15) is 14.0 Å². The molecule has 0 saturated carbocycles. The molecule has 1 N–H and O–H groups in total. The van der Waals surface area contributed by atoms with Crippen molar-refractivity contribution >= 4 is 23.4 Å². The van der Waals surface area contributed by atoms with Gasteiger partial charge in [-0.2, -0.15) is 0 Å². The minimum Gasteiger partial charge on any atom is -0.484 e. The maximum absolute atomic E-state index is 14.5. The van der Waals surface area contributed by atoms with Crippen LogP contribution >= 0.6 is 11.6 Å². The van der Waals surface area contributed by atoms with Gasteiger partial charge in [-0.05, 0) is 49.7 Å². The third kappa shape index (κ3) is 7.32. The van der Waals surface area contributed by atoms with Gasteiger partial charge in [-0.25, -0.2) is 4.39 Å². The maximum Gasteiger partial charge on any atom is 0.261 e. The zero-order chi connectivity index (χ0) is 24.5. The van der Waals surface area contributed by atoms with Gasteiger partial charge in [-0.1, -0.05) is 60.1 Å². The molecule has 1 atom stereocenters. The summed E-state index contributed by atoms with van der Waals surface area (Å²) in [7, 11) is 0. The summed E-state index contributed by atoms with van der Waals surface area (Å²) in [5.41, 5.74) is 1.20. The fourth-order valence-corrected chi connectivity index (χ4v) is 3.63. The van der Waals surface area contributed by atoms with E-state index in [2.05, 4.69) is 5.32 Å². The molecular weight excluding hydrogens is 455 g/mol. The molecule has 34 heavy (non-hydrogen) atoms. The average Bonchev–Trinajstić information content (AvgIpc) is 2.82. The van der Waals surface area contributed by atoms with Crippen LogP contribution in [0.25, 0.3) is 0 Å². The van der Waals surface area contributed by atoms with Gasteiger partial charge in [-0.15, -0.1) is 0 Å². The lowest BCUT2D eigenvalue weighted by Gasteiger charge is -2.32. The predicted molar refractivity (Wildman–Crippen MR) is 131 cm³/mol. The molecule has 3 aromatic rings. The topological polar surface area (TPSA) is 58.6 Å². The second-order valence-corrected chi connectivity index (χ2v) is 8.66. The van der Waals surface area contributed by atoms with Crippen LogP contribution in [0.5, 0.6) is 5.75 Å². The molecule has 0 aliphatic carbocycles. The number of benzene rings is 3. The van der Waals surface area contributed by atoms with Crippen molar-refractivity contribution < 1.29 is 18.7 Å². The molecule has 0 unspecified atom stereocenters. The predicted octanol–water partition coefficient (Wildman–Crippen LogP) is 5.02. The van der Waals surface area contributed by atoms with Gasteiger partial charge >= 0.3 is 0 Å². The maximum atomic E-state index is 14.5. The fraction of sp³-hybridized carbons (Fsp3) is 0.259. The summed E-state index contributed by atoms with van der Waals surface area (Å²) in [5.74, 6) is -0.718. The SMILES string of the molecule is CC(C)NC(=O)[C@@H](Cc1ccccc1)N(Cc1ccccc1F)C(=O)COc1ccc(Cl)cc1. The van der Waals surface area contributed by atoms with E-state index in [1.54, 1.807) is 42.5 Å². The van der Waals surface area contributed by atoms with Crippen molar-refractivity contribution in [2.75, 3.05) is 6.61 Å². The van der Waals surface area contributed by atoms with Crippen molar-refractivity contribution in [2.45, 2.75) is 38.9 Å². The summed E-state index contributed by atoms with van der Waals surface area (Å²) < 4.78 is 20.2. The van der Waals surface area contributed by atoms with Crippen molar-refractivity contribution in [1.29, 1.82) is 0 Å². The van der Waals surface area contributed by atoms with Gasteiger partial charge in [-0.3, -0.25) is 9.59 Å². The molecule has 0 aromatic heterocycles. The highest BCUT2D eigenvalue weighted by Gasteiger charge is 2.31. The van der Waals surface area contributed by atoms with Crippen molar-refractivity contribution in [3.8, 4) is 5.75 Å². The van der Waals surface area contributed by atoms with Gasteiger partial charge in [0.1, 0.15) is 17.6 Å². The van der Waals surface area contributed by atoms with Crippen LogP contribution < -0.4 is 10.1 Å². The lowest BCUT2D eigenvalue weighted by Crippen LogP contribution is -2.53. The van der Waals surface area contributed by atoms with Crippen LogP contribution in [0.4, 0.5) is 4.39 Å². The van der Waals surface area contributed by atoms with Crippen LogP contribution in [0.15, 0.2) is 78.9 Å². The van der Waals surface area contributed by atoms with Gasteiger partial charge in [0, 0.05) is 29.6 Å². The second kappa shape index (κ2) is 12.2. The van der Waals surface area contributed by atoms with E-state index >= 15 is 0 Å². The molecule has 0 spiro atoms. The summed E-state index contributed by atoms with van der Waals surface area (Å²) in [6.45, 7) is 3.32. The smallest absolute Gasteiger partial charge is 0.261 e. The minimum absolute atomic E-state index is 0.0709. The number of carbonyl (C=O) groups excluding carboxylic acids is 2. The van der Waals surface area contributed by atoms with Crippen molar-refractivity contribution in [1.82, 2.24) is 10.2 Å². The van der Waals surface area contributed by atoms with Crippen molar-refractivity contribution in [2.24, 2.45) is 0 Å². The lowest BCUT2D eigenvalue weighted by atomic mass is 10.0. The molecule has 3 aromatic carbocycles. The standard InChI is InChI=1S/C27H28ClFN2O3/c1-19(2)30-27(33)25(16-20-8-4-3-5-9-20)31(17-21-10-6-7-11-24(21)29)26(32)18-34-23-14-12-22(28)13-15-23/h3-15,19,25H,16-18H2,1-2H3,(H,30,33)/t25-/m1/s1. The van der Waals surface area contributed by atoms with Crippen LogP contribution in [0.3, 0.4) is 0 Å². The summed E-state index contributed by atoms with van der Waals surface area (Å²) >= 11 is 5.91. The number of carbonyl (C=O) groups is 2. The normalized spacial score (nSPS) is 11.7. The lowest BCUT2D eigenvalue weighted by molar-refractivity contribution is -0.143. The third-order valence-corrected chi connectivity index (χ3v) is 5.43. The molecule has 0 aliphatic heterocycles. The zero-order valence-electron chi connectivity index (χ0n) is 19.2. The monoisotopic (exact) mass is 482 g/mol. The van der Waals surface area contributed by atoms with Gasteiger partial charge in [0.2, 0.25) is 5.91 Å². The number of rotatable bonds is 10. The van der Waals surface area contributed by atoms with Crippen LogP contribution in [0.1, 0.15) is 25.0 Å². The van der Waals surface area contributed by atoms with Gasteiger partial charge < -0.3 is 15.0 Å². The Morgan fingerprint density at radius 2 is 1.62 bits per heavy atom. The van der Waals surface area contributed by atoms with Gasteiger partial charge in [0.25, 0.3) is 5.91 Å². The average molecular weight is 483 g/mol. The Hall–Kier alpha value is -3.38. The Labute approximate surface area is 204 Å². The molecule has 5 nitrogen and oxygen atoms in total. The number of nitrogens with one attached hydrogen (secondary N) is 1. The van der Waals surface area contributed by atoms with Crippen LogP contribution in [0.2, 0.25) is 5.02 Å². The van der Waals surface area contributed by atoms with E-state index < -0.39 is 17.8 Å². The molecule has 178 valence electrons. The van der Waals surface area contributed by atoms with E-state index in [1.165, 1.54) is 11.0 Å². The Morgan fingerprint density at radius 3 is 2.26 bits per heavy atom. The Kier molecular flexibility index (Phi) is 9.05. The number of ether oxygens (including phenoxy) is 1. The number of amides is 2. The quantitative estimate of drug-likeness (QED) is 0.441. The molecule has 7 heteroatoms. The highest BCUT2D eigenvalue weighted by atomic mass is 35.5. The van der Waals surface area contributed by atoms with E-state index in [-0.39, 0.29) is 31.5 Å². The molecule has 0 bridgehead atoms. The van der Waals surface area contributed by atoms with E-state index in [0.717, 1.165) is 5.56 Å². The van der Waals surface area contributed by atoms with Gasteiger partial charge in [0.05, 0.1) is 0 Å². The zero-order valence-corrected chi connectivity index (χ0v) is 20.0. The third-order valence-electron chi connectivity index (χ3n) is 5.18. The van der Waals surface area contributed by atoms with E-state index in [1.807, 2.05) is 44.2 Å². The van der Waals surface area contributed by atoms with Crippen LogP contribution in [-0.4, -0.2) is 35.4 Å². The highest BCUT2D eigenvalue weighted by Crippen LogP contribution is 2.19. The first-order chi connectivity index (χ1) is 16.3. The molecule has 0 fully saturated rings. The van der Waals surface area contributed by atoms with Crippen LogP contribution in [0, 0.1) is 5.82 Å². The largest absolute Gasteiger partial charge is 0.484 e. The molecule has 3 rings (SSSR count). The molecule has 0 heterocycles. The summed E-state index contributed by atoms with van der Waals surface area (Å²) in [5, 5.41) is 3.45. The summed E-state index contributed by atoms with van der Waals surface area (Å²) in [6, 6.07) is 21.3. The Balaban J connectivity index is 1.91. The summed E-state index contributed by atoms with van der Waals surface area (Å²) in [4.78, 5) is 28.0.